The number of nitrogens with two attached hydrogens (primary N) is 1. The van der Waals surface area contributed by atoms with Gasteiger partial charge in [0.1, 0.15) is 6.04 Å². The second-order valence-corrected chi connectivity index (χ2v) is 6.42. The zero-order chi connectivity index (χ0) is 17.6. The molecule has 5 nitrogen and oxygen atoms in total. The molecule has 6 heteroatoms. The van der Waals surface area contributed by atoms with E-state index < -0.39 is 11.9 Å². The van der Waals surface area contributed by atoms with Gasteiger partial charge in [-0.3, -0.25) is 19.5 Å². The third-order valence-electron chi connectivity index (χ3n) is 4.48. The van der Waals surface area contributed by atoms with Gasteiger partial charge in [0, 0.05) is 34.0 Å². The number of pyridine rings is 1. The first kappa shape index (κ1) is 15.6. The van der Waals surface area contributed by atoms with E-state index in [1.54, 1.807) is 30.6 Å². The highest BCUT2D eigenvalue weighted by molar-refractivity contribution is 6.31. The van der Waals surface area contributed by atoms with E-state index in [1.165, 1.54) is 4.90 Å². The number of hydrogen-bond donors (Lipinski definition) is 1. The van der Waals surface area contributed by atoms with Gasteiger partial charge in [-0.2, -0.15) is 0 Å². The maximum atomic E-state index is 13.1. The van der Waals surface area contributed by atoms with Crippen molar-refractivity contribution >= 4 is 39.9 Å². The number of rotatable bonds is 2. The van der Waals surface area contributed by atoms with Crippen molar-refractivity contribution in [2.45, 2.75) is 12.5 Å². The molecule has 1 unspecified atom stereocenters. The molecule has 25 heavy (non-hydrogen) atoms. The lowest BCUT2D eigenvalue weighted by atomic mass is 9.92. The zero-order valence-electron chi connectivity index (χ0n) is 13.1. The molecule has 3 aromatic rings. The van der Waals surface area contributed by atoms with Gasteiger partial charge in [-0.25, -0.2) is 0 Å². The zero-order valence-corrected chi connectivity index (χ0v) is 13.9. The fraction of sp³-hybridized carbons (Fsp3) is 0.105. The molecule has 2 amide bonds. The number of amides is 2. The predicted octanol–water partition coefficient (Wildman–Crippen LogP) is 2.95. The van der Waals surface area contributed by atoms with Gasteiger partial charge in [0.15, 0.2) is 0 Å². The van der Waals surface area contributed by atoms with E-state index in [4.69, 9.17) is 17.3 Å². The maximum absolute atomic E-state index is 13.1. The minimum absolute atomic E-state index is 0.278. The molecule has 2 N–H and O–H groups in total. The summed E-state index contributed by atoms with van der Waals surface area (Å²) in [5, 5.41) is 2.25. The van der Waals surface area contributed by atoms with Gasteiger partial charge < -0.3 is 5.73 Å². The molecule has 2 heterocycles. The molecule has 1 aliphatic heterocycles. The molecule has 1 aliphatic rings. The number of fused-ring (bicyclic) bond motifs is 2. The summed E-state index contributed by atoms with van der Waals surface area (Å²) in [5.74, 6) is -0.841. The molecular weight excluding hydrogens is 338 g/mol. The van der Waals surface area contributed by atoms with Crippen molar-refractivity contribution in [3.63, 3.8) is 0 Å². The first-order valence-corrected chi connectivity index (χ1v) is 8.18. The van der Waals surface area contributed by atoms with Crippen LogP contribution in [0.15, 0.2) is 54.9 Å². The van der Waals surface area contributed by atoms with Crippen LogP contribution in [0.1, 0.15) is 15.9 Å². The van der Waals surface area contributed by atoms with Gasteiger partial charge in [-0.05, 0) is 23.8 Å². The van der Waals surface area contributed by atoms with Gasteiger partial charge in [-0.15, -0.1) is 0 Å². The van der Waals surface area contributed by atoms with Crippen LogP contribution in [0, 0.1) is 0 Å². The van der Waals surface area contributed by atoms with Crippen LogP contribution in [-0.4, -0.2) is 22.8 Å². The van der Waals surface area contributed by atoms with Crippen LogP contribution in [0.25, 0.3) is 10.8 Å². The Balaban J connectivity index is 1.93. The summed E-state index contributed by atoms with van der Waals surface area (Å²) < 4.78 is 0. The van der Waals surface area contributed by atoms with Gasteiger partial charge >= 0.3 is 0 Å². The number of carbonyl (C=O) groups excluding carboxylic acids is 2. The molecule has 1 aromatic heterocycles. The Hall–Kier alpha value is -2.92. The van der Waals surface area contributed by atoms with Crippen LogP contribution in [0.3, 0.4) is 0 Å². The van der Waals surface area contributed by atoms with E-state index in [-0.39, 0.29) is 5.91 Å². The number of carbonyl (C=O) groups is 2. The Labute approximate surface area is 149 Å². The van der Waals surface area contributed by atoms with Crippen LogP contribution in [-0.2, 0) is 11.2 Å². The molecule has 2 aromatic carbocycles. The number of anilines is 1. The van der Waals surface area contributed by atoms with E-state index >= 15 is 0 Å². The standard InChI is InChI=1S/C19H14ClN3O2/c20-13-5-6-15-12(7-13)8-16(18(21)24)23(19(15)25)17-10-22-9-11-3-1-2-4-14(11)17/h1-7,9-10,16H,8H2,(H2,21,24). The second kappa shape index (κ2) is 5.86. The van der Waals surface area contributed by atoms with Crippen molar-refractivity contribution < 1.29 is 9.59 Å². The van der Waals surface area contributed by atoms with Crippen molar-refractivity contribution in [2.24, 2.45) is 5.73 Å². The molecule has 4 rings (SSSR count). The molecule has 124 valence electrons. The van der Waals surface area contributed by atoms with Crippen LogP contribution >= 0.6 is 11.6 Å². The summed E-state index contributed by atoms with van der Waals surface area (Å²) in [6.45, 7) is 0. The summed E-state index contributed by atoms with van der Waals surface area (Å²) in [6.07, 6.45) is 3.64. The highest BCUT2D eigenvalue weighted by Crippen LogP contribution is 2.33. The second-order valence-electron chi connectivity index (χ2n) is 5.98. The lowest BCUT2D eigenvalue weighted by Crippen LogP contribution is -2.52. The molecule has 0 aliphatic carbocycles. The van der Waals surface area contributed by atoms with Crippen molar-refractivity contribution in [2.75, 3.05) is 4.90 Å². The first-order chi connectivity index (χ1) is 12.1. The van der Waals surface area contributed by atoms with Gasteiger partial charge in [-0.1, -0.05) is 35.9 Å². The highest BCUT2D eigenvalue weighted by Gasteiger charge is 2.37. The number of hydrogen-bond acceptors (Lipinski definition) is 3. The number of primary amides is 1. The van der Waals surface area contributed by atoms with E-state index in [1.807, 2.05) is 24.3 Å². The van der Waals surface area contributed by atoms with Crippen LogP contribution < -0.4 is 10.6 Å². The third kappa shape index (κ3) is 2.53. The quantitative estimate of drug-likeness (QED) is 0.771. The summed E-state index contributed by atoms with van der Waals surface area (Å²) in [7, 11) is 0. The smallest absolute Gasteiger partial charge is 0.259 e. The van der Waals surface area contributed by atoms with Crippen LogP contribution in [0.4, 0.5) is 5.69 Å². The van der Waals surface area contributed by atoms with Gasteiger partial charge in [0.05, 0.1) is 11.9 Å². The van der Waals surface area contributed by atoms with Gasteiger partial charge in [0.2, 0.25) is 5.91 Å². The van der Waals surface area contributed by atoms with Crippen molar-refractivity contribution in [1.29, 1.82) is 0 Å². The largest absolute Gasteiger partial charge is 0.368 e. The summed E-state index contributed by atoms with van der Waals surface area (Å²) in [5.41, 5.74) is 7.44. The topological polar surface area (TPSA) is 76.3 Å². The molecule has 0 saturated carbocycles. The molecular formula is C19H14ClN3O2. The Morgan fingerprint density at radius 3 is 2.80 bits per heavy atom. The Kier molecular flexibility index (Phi) is 3.66. The SMILES string of the molecule is NC(=O)C1Cc2cc(Cl)ccc2C(=O)N1c1cncc2ccccc12. The lowest BCUT2D eigenvalue weighted by Gasteiger charge is -2.35. The maximum Gasteiger partial charge on any atom is 0.259 e. The third-order valence-corrected chi connectivity index (χ3v) is 4.71. The van der Waals surface area contributed by atoms with E-state index in [0.717, 1.165) is 16.3 Å². The highest BCUT2D eigenvalue weighted by atomic mass is 35.5. The normalized spacial score (nSPS) is 16.8. The van der Waals surface area contributed by atoms with Crippen molar-refractivity contribution in [1.82, 2.24) is 4.98 Å². The van der Waals surface area contributed by atoms with Crippen LogP contribution in [0.2, 0.25) is 5.02 Å². The number of halogens is 1. The monoisotopic (exact) mass is 351 g/mol. The summed E-state index contributed by atoms with van der Waals surface area (Å²) in [4.78, 5) is 30.9. The average molecular weight is 352 g/mol. The van der Waals surface area contributed by atoms with E-state index in [2.05, 4.69) is 4.98 Å². The Bertz CT molecular complexity index is 1010. The minimum Gasteiger partial charge on any atom is -0.368 e. The lowest BCUT2D eigenvalue weighted by molar-refractivity contribution is -0.119. The minimum atomic E-state index is -0.786. The number of aromatic nitrogens is 1. The summed E-state index contributed by atoms with van der Waals surface area (Å²) in [6, 6.07) is 11.9. The van der Waals surface area contributed by atoms with Crippen molar-refractivity contribution in [3.05, 3.63) is 71.0 Å². The molecule has 0 spiro atoms. The number of benzene rings is 2. The van der Waals surface area contributed by atoms with E-state index in [9.17, 15) is 9.59 Å². The fourth-order valence-corrected chi connectivity index (χ4v) is 3.50. The Morgan fingerprint density at radius 1 is 1.20 bits per heavy atom. The molecule has 0 bridgehead atoms. The number of nitrogens with zero attached hydrogens (tertiary/aromatic N) is 2. The Morgan fingerprint density at radius 2 is 2.00 bits per heavy atom. The average Bonchev–Trinajstić information content (AvgIpc) is 2.61. The van der Waals surface area contributed by atoms with Crippen molar-refractivity contribution in [3.8, 4) is 0 Å². The summed E-state index contributed by atoms with van der Waals surface area (Å²) >= 11 is 6.03. The van der Waals surface area contributed by atoms with Crippen LogP contribution in [0.5, 0.6) is 0 Å². The molecule has 0 fully saturated rings. The molecule has 0 radical (unpaired) electrons. The molecule has 1 atom stereocenters. The first-order valence-electron chi connectivity index (χ1n) is 7.80. The predicted molar refractivity (Wildman–Crippen MR) is 96.7 cm³/mol. The van der Waals surface area contributed by atoms with E-state index in [0.29, 0.717) is 22.7 Å². The molecule has 0 saturated heterocycles. The fourth-order valence-electron chi connectivity index (χ4n) is 3.31. The van der Waals surface area contributed by atoms with Gasteiger partial charge in [0.25, 0.3) is 5.91 Å².